The van der Waals surface area contributed by atoms with Gasteiger partial charge in [0.15, 0.2) is 0 Å². The molecule has 0 saturated carbocycles. The van der Waals surface area contributed by atoms with Gasteiger partial charge in [-0.3, -0.25) is 9.59 Å². The topological polar surface area (TPSA) is 69.6 Å². The number of aliphatic carboxylic acids is 1. The van der Waals surface area contributed by atoms with Gasteiger partial charge in [0.2, 0.25) is 5.91 Å². The molecule has 5 heteroatoms. The van der Waals surface area contributed by atoms with Gasteiger partial charge in [0.25, 0.3) is 0 Å². The zero-order valence-corrected chi connectivity index (χ0v) is 10.9. The smallest absolute Gasteiger partial charge is 0.322 e. The third kappa shape index (κ3) is 3.24. The number of carbonyl (C=O) groups excluding carboxylic acids is 1. The quantitative estimate of drug-likeness (QED) is 0.855. The standard InChI is InChI=1S/C14H18N2O3/c1-10-6-7-16(9-13(17)15-8-14(18)19)12-5-3-2-4-11(10)12/h2-5,10H,6-9H2,1H3,(H,15,17)(H,18,19). The van der Waals surface area contributed by atoms with Crippen molar-refractivity contribution in [3.63, 3.8) is 0 Å². The molecule has 1 aliphatic heterocycles. The molecule has 0 radical (unpaired) electrons. The monoisotopic (exact) mass is 262 g/mol. The highest BCUT2D eigenvalue weighted by molar-refractivity contribution is 5.85. The highest BCUT2D eigenvalue weighted by Crippen LogP contribution is 2.34. The van der Waals surface area contributed by atoms with E-state index < -0.39 is 5.97 Å². The number of carbonyl (C=O) groups is 2. The summed E-state index contributed by atoms with van der Waals surface area (Å²) in [4.78, 5) is 24.1. The third-order valence-corrected chi connectivity index (χ3v) is 3.41. The number of nitrogens with zero attached hydrogens (tertiary/aromatic N) is 1. The molecule has 1 aromatic carbocycles. The largest absolute Gasteiger partial charge is 0.480 e. The Labute approximate surface area is 112 Å². The number of hydrogen-bond acceptors (Lipinski definition) is 3. The summed E-state index contributed by atoms with van der Waals surface area (Å²) in [6.45, 7) is 2.88. The zero-order chi connectivity index (χ0) is 13.8. The van der Waals surface area contributed by atoms with Crippen LogP contribution in [-0.4, -0.2) is 36.6 Å². The van der Waals surface area contributed by atoms with Gasteiger partial charge in [-0.25, -0.2) is 0 Å². The molecule has 0 aliphatic carbocycles. The fraction of sp³-hybridized carbons (Fsp3) is 0.429. The summed E-state index contributed by atoms with van der Waals surface area (Å²) in [6, 6.07) is 8.05. The SMILES string of the molecule is CC1CCN(CC(=O)NCC(=O)O)c2ccccc21. The minimum atomic E-state index is -1.03. The van der Waals surface area contributed by atoms with Gasteiger partial charge in [0.1, 0.15) is 6.54 Å². The van der Waals surface area contributed by atoms with Crippen molar-refractivity contribution in [1.29, 1.82) is 0 Å². The molecule has 1 heterocycles. The minimum absolute atomic E-state index is 0.205. The van der Waals surface area contributed by atoms with Crippen LogP contribution < -0.4 is 10.2 Å². The molecule has 0 aromatic heterocycles. The Bertz CT molecular complexity index is 487. The van der Waals surface area contributed by atoms with E-state index in [2.05, 4.69) is 18.3 Å². The van der Waals surface area contributed by atoms with Crippen molar-refractivity contribution in [1.82, 2.24) is 5.32 Å². The van der Waals surface area contributed by atoms with E-state index in [1.807, 2.05) is 23.1 Å². The van der Waals surface area contributed by atoms with Crippen LogP contribution in [0.4, 0.5) is 5.69 Å². The second kappa shape index (κ2) is 5.73. The van der Waals surface area contributed by atoms with E-state index in [1.54, 1.807) is 0 Å². The molecule has 0 saturated heterocycles. The van der Waals surface area contributed by atoms with Gasteiger partial charge in [-0.15, -0.1) is 0 Å². The Morgan fingerprint density at radius 3 is 2.89 bits per heavy atom. The summed E-state index contributed by atoms with van der Waals surface area (Å²) in [6.07, 6.45) is 1.00. The van der Waals surface area contributed by atoms with E-state index in [4.69, 9.17) is 5.11 Å². The molecule has 19 heavy (non-hydrogen) atoms. The van der Waals surface area contributed by atoms with Crippen LogP contribution in [0.15, 0.2) is 24.3 Å². The first-order valence-electron chi connectivity index (χ1n) is 6.40. The molecule has 1 aromatic rings. The second-order valence-corrected chi connectivity index (χ2v) is 4.84. The van der Waals surface area contributed by atoms with Crippen LogP contribution in [-0.2, 0) is 9.59 Å². The van der Waals surface area contributed by atoms with E-state index >= 15 is 0 Å². The van der Waals surface area contributed by atoms with E-state index in [0.29, 0.717) is 5.92 Å². The number of para-hydroxylation sites is 1. The lowest BCUT2D eigenvalue weighted by Gasteiger charge is -2.33. The van der Waals surface area contributed by atoms with E-state index in [-0.39, 0.29) is 19.0 Å². The average molecular weight is 262 g/mol. The Morgan fingerprint density at radius 1 is 1.42 bits per heavy atom. The predicted octanol–water partition coefficient (Wildman–Crippen LogP) is 1.20. The summed E-state index contributed by atoms with van der Waals surface area (Å²) >= 11 is 0. The Hall–Kier alpha value is -2.04. The normalized spacial score (nSPS) is 17.7. The maximum atomic E-state index is 11.7. The minimum Gasteiger partial charge on any atom is -0.480 e. The summed E-state index contributed by atoms with van der Waals surface area (Å²) in [5.74, 6) is -0.790. The van der Waals surface area contributed by atoms with Gasteiger partial charge >= 0.3 is 5.97 Å². The van der Waals surface area contributed by atoms with E-state index in [1.165, 1.54) is 5.56 Å². The van der Waals surface area contributed by atoms with E-state index in [0.717, 1.165) is 18.7 Å². The van der Waals surface area contributed by atoms with Crippen molar-refractivity contribution in [3.8, 4) is 0 Å². The molecule has 2 N–H and O–H groups in total. The van der Waals surface area contributed by atoms with Gasteiger partial charge in [0.05, 0.1) is 6.54 Å². The number of nitrogens with one attached hydrogen (secondary N) is 1. The lowest BCUT2D eigenvalue weighted by molar-refractivity contribution is -0.137. The van der Waals surface area contributed by atoms with Crippen molar-refractivity contribution >= 4 is 17.6 Å². The Balaban J connectivity index is 2.04. The highest BCUT2D eigenvalue weighted by atomic mass is 16.4. The number of hydrogen-bond donors (Lipinski definition) is 2. The first kappa shape index (κ1) is 13.4. The van der Waals surface area contributed by atoms with Crippen LogP contribution in [0.5, 0.6) is 0 Å². The third-order valence-electron chi connectivity index (χ3n) is 3.41. The Morgan fingerprint density at radius 2 is 2.16 bits per heavy atom. The molecule has 0 bridgehead atoms. The maximum Gasteiger partial charge on any atom is 0.322 e. The Kier molecular flexibility index (Phi) is 4.04. The lowest BCUT2D eigenvalue weighted by atomic mass is 9.91. The molecular formula is C14H18N2O3. The first-order valence-corrected chi connectivity index (χ1v) is 6.40. The number of carboxylic acids is 1. The molecule has 0 fully saturated rings. The molecule has 0 spiro atoms. The van der Waals surface area contributed by atoms with Gasteiger partial charge < -0.3 is 15.3 Å². The average Bonchev–Trinajstić information content (AvgIpc) is 2.40. The van der Waals surface area contributed by atoms with Crippen LogP contribution in [0.25, 0.3) is 0 Å². The van der Waals surface area contributed by atoms with Crippen LogP contribution in [0.2, 0.25) is 0 Å². The molecule has 5 nitrogen and oxygen atoms in total. The van der Waals surface area contributed by atoms with Gasteiger partial charge in [-0.05, 0) is 24.0 Å². The number of rotatable bonds is 4. The number of fused-ring (bicyclic) bond motifs is 1. The molecule has 1 atom stereocenters. The fourth-order valence-corrected chi connectivity index (χ4v) is 2.39. The van der Waals surface area contributed by atoms with E-state index in [9.17, 15) is 9.59 Å². The summed E-state index contributed by atoms with van der Waals surface area (Å²) in [5, 5.41) is 10.9. The maximum absolute atomic E-state index is 11.7. The molecule has 2 rings (SSSR count). The van der Waals surface area contributed by atoms with Gasteiger partial charge in [-0.1, -0.05) is 25.1 Å². The second-order valence-electron chi connectivity index (χ2n) is 4.84. The molecular weight excluding hydrogens is 244 g/mol. The van der Waals surface area contributed by atoms with Gasteiger partial charge in [-0.2, -0.15) is 0 Å². The van der Waals surface area contributed by atoms with Crippen molar-refractivity contribution in [2.24, 2.45) is 0 Å². The van der Waals surface area contributed by atoms with Crippen LogP contribution >= 0.6 is 0 Å². The summed E-state index contributed by atoms with van der Waals surface area (Å²) in [5.41, 5.74) is 2.33. The molecule has 102 valence electrons. The number of benzene rings is 1. The number of amides is 1. The molecule has 1 unspecified atom stereocenters. The summed E-state index contributed by atoms with van der Waals surface area (Å²) in [7, 11) is 0. The van der Waals surface area contributed by atoms with Crippen molar-refractivity contribution in [2.45, 2.75) is 19.3 Å². The summed E-state index contributed by atoms with van der Waals surface area (Å²) < 4.78 is 0. The lowest BCUT2D eigenvalue weighted by Crippen LogP contribution is -2.41. The first-order chi connectivity index (χ1) is 9.08. The number of anilines is 1. The fourth-order valence-electron chi connectivity index (χ4n) is 2.39. The zero-order valence-electron chi connectivity index (χ0n) is 10.9. The van der Waals surface area contributed by atoms with Gasteiger partial charge in [0, 0.05) is 12.2 Å². The highest BCUT2D eigenvalue weighted by Gasteiger charge is 2.23. The van der Waals surface area contributed by atoms with Crippen molar-refractivity contribution < 1.29 is 14.7 Å². The molecule has 1 aliphatic rings. The van der Waals surface area contributed by atoms with Crippen LogP contribution in [0.3, 0.4) is 0 Å². The van der Waals surface area contributed by atoms with Crippen molar-refractivity contribution in [2.75, 3.05) is 24.5 Å². The van der Waals surface area contributed by atoms with Crippen LogP contribution in [0, 0.1) is 0 Å². The van der Waals surface area contributed by atoms with Crippen LogP contribution in [0.1, 0.15) is 24.8 Å². The number of carboxylic acid groups (broad SMARTS) is 1. The predicted molar refractivity (Wildman–Crippen MR) is 72.3 cm³/mol. The molecule has 1 amide bonds. The van der Waals surface area contributed by atoms with Crippen molar-refractivity contribution in [3.05, 3.63) is 29.8 Å².